The average molecular weight is 694 g/mol. The van der Waals surface area contributed by atoms with Crippen LogP contribution in [-0.4, -0.2) is 70.1 Å². The van der Waals surface area contributed by atoms with Gasteiger partial charge in [-0.2, -0.15) is 5.10 Å². The summed E-state index contributed by atoms with van der Waals surface area (Å²) < 4.78 is 8.63. The van der Waals surface area contributed by atoms with Crippen LogP contribution in [0.15, 0.2) is 65.9 Å². The van der Waals surface area contributed by atoms with Crippen molar-refractivity contribution in [2.24, 2.45) is 16.8 Å². The molecule has 15 heteroatoms. The van der Waals surface area contributed by atoms with Crippen LogP contribution in [0.4, 0.5) is 17.1 Å². The van der Waals surface area contributed by atoms with Crippen molar-refractivity contribution in [3.63, 3.8) is 0 Å². The second kappa shape index (κ2) is 20.9. The molecule has 262 valence electrons. The van der Waals surface area contributed by atoms with E-state index < -0.39 is 0 Å². The van der Waals surface area contributed by atoms with E-state index >= 15 is 0 Å². The predicted molar refractivity (Wildman–Crippen MR) is 194 cm³/mol. The first-order valence-corrected chi connectivity index (χ1v) is 16.0. The van der Waals surface area contributed by atoms with Crippen LogP contribution in [0.3, 0.4) is 0 Å². The smallest absolute Gasteiger partial charge is 0.292 e. The highest BCUT2D eigenvalue weighted by Gasteiger charge is 2.18. The van der Waals surface area contributed by atoms with Gasteiger partial charge >= 0.3 is 0 Å². The maximum absolute atomic E-state index is 13.0. The van der Waals surface area contributed by atoms with Crippen LogP contribution in [-0.2, 0) is 23.9 Å². The molecule has 1 saturated heterocycles. The molecule has 0 radical (unpaired) electrons. The molecule has 1 aromatic heterocycles. The van der Waals surface area contributed by atoms with Gasteiger partial charge in [-0.05, 0) is 66.9 Å². The second-order valence-electron chi connectivity index (χ2n) is 10.9. The number of benzene rings is 2. The summed E-state index contributed by atoms with van der Waals surface area (Å²) in [6.45, 7) is 2.62. The molecule has 0 saturated carbocycles. The molecule has 14 nitrogen and oxygen atoms in total. The molecule has 2 aromatic carbocycles. The summed E-state index contributed by atoms with van der Waals surface area (Å²) in [4.78, 5) is 36.3. The number of nitrogens with two attached hydrogens (primary N) is 2. The Hall–Kier alpha value is -5.18. The lowest BCUT2D eigenvalue weighted by Crippen LogP contribution is -2.45. The van der Waals surface area contributed by atoms with Crippen molar-refractivity contribution in [1.29, 1.82) is 0 Å². The normalized spacial score (nSPS) is 15.6. The number of nitrogens with one attached hydrogen (secondary N) is 4. The fraction of sp³-hybridized carbons (Fsp3) is 0.324. The number of aromatic nitrogens is 1. The van der Waals surface area contributed by atoms with Gasteiger partial charge in [-0.3, -0.25) is 24.4 Å². The summed E-state index contributed by atoms with van der Waals surface area (Å²) in [7, 11) is 3.23. The minimum absolute atomic E-state index is 0.228. The Bertz CT molecular complexity index is 1570. The highest BCUT2D eigenvalue weighted by atomic mass is 35.5. The van der Waals surface area contributed by atoms with Crippen molar-refractivity contribution in [2.45, 2.75) is 37.8 Å². The quantitative estimate of drug-likeness (QED) is 0.0476. The van der Waals surface area contributed by atoms with E-state index in [9.17, 15) is 9.59 Å². The number of carbonyl (C=O) groups excluding carboxylic acids is 3. The van der Waals surface area contributed by atoms with Crippen LogP contribution in [0.5, 0.6) is 0 Å². The van der Waals surface area contributed by atoms with Crippen LogP contribution in [0, 0.1) is 0 Å². The maximum Gasteiger partial charge on any atom is 0.292 e. The summed E-state index contributed by atoms with van der Waals surface area (Å²) in [6, 6.07) is 15.6. The predicted octanol–water partition coefficient (Wildman–Crippen LogP) is 3.80. The van der Waals surface area contributed by atoms with Crippen molar-refractivity contribution < 1.29 is 23.9 Å². The Balaban J connectivity index is 0.000000505. The van der Waals surface area contributed by atoms with E-state index in [-0.39, 0.29) is 18.0 Å². The number of hydrogen-bond acceptors (Lipinski definition) is 11. The molecule has 5 rings (SSSR count). The lowest BCUT2D eigenvalue weighted by Gasteiger charge is -2.24. The minimum atomic E-state index is -0.239. The molecule has 2 amide bonds. The molecule has 1 fully saturated rings. The van der Waals surface area contributed by atoms with Gasteiger partial charge in [-0.25, -0.2) is 5.84 Å². The van der Waals surface area contributed by atoms with Crippen molar-refractivity contribution >= 4 is 59.9 Å². The van der Waals surface area contributed by atoms with Crippen LogP contribution in [0.2, 0.25) is 5.02 Å². The van der Waals surface area contributed by atoms with Crippen molar-refractivity contribution in [3.8, 4) is 11.1 Å². The largest absolute Gasteiger partial charge is 0.471 e. The van der Waals surface area contributed by atoms with Gasteiger partial charge in [0.2, 0.25) is 12.3 Å². The molecule has 8 N–H and O–H groups in total. The highest BCUT2D eigenvalue weighted by Crippen LogP contribution is 2.33. The van der Waals surface area contributed by atoms with Gasteiger partial charge in [-0.15, -0.1) is 0 Å². The summed E-state index contributed by atoms with van der Waals surface area (Å²) in [5.41, 5.74) is 6.34. The number of anilines is 3. The SMILES string of the molecule is CNc1ccc2c(c1)NCCCCC[C@H](NC(=O)/C=C/c1cc(Cl)ccc1N(N)/C=N\N)c1cc-2ccn1.COC=O.O=CNC1COC1. The number of rotatable bonds is 9. The van der Waals surface area contributed by atoms with E-state index in [2.05, 4.69) is 60.4 Å². The second-order valence-corrected chi connectivity index (χ2v) is 11.3. The van der Waals surface area contributed by atoms with Gasteiger partial charge in [0, 0.05) is 53.4 Å². The molecule has 1 atom stereocenters. The fourth-order valence-electron chi connectivity index (χ4n) is 4.91. The molecule has 49 heavy (non-hydrogen) atoms. The minimum Gasteiger partial charge on any atom is -0.471 e. The molecule has 0 aliphatic carbocycles. The zero-order chi connectivity index (χ0) is 35.4. The zero-order valence-electron chi connectivity index (χ0n) is 27.6. The van der Waals surface area contributed by atoms with Crippen LogP contribution < -0.4 is 38.0 Å². The summed E-state index contributed by atoms with van der Waals surface area (Å²) in [6.07, 6.45) is 10.7. The number of halogens is 1. The zero-order valence-corrected chi connectivity index (χ0v) is 28.4. The van der Waals surface area contributed by atoms with Gasteiger partial charge in [0.25, 0.3) is 6.47 Å². The first kappa shape index (κ1) is 38.3. The third-order valence-corrected chi connectivity index (χ3v) is 7.71. The molecule has 2 aliphatic rings. The Morgan fingerprint density at radius 2 is 1.94 bits per heavy atom. The van der Waals surface area contributed by atoms with Crippen molar-refractivity contribution in [3.05, 3.63) is 77.1 Å². The summed E-state index contributed by atoms with van der Waals surface area (Å²) in [5, 5.41) is 17.7. The third-order valence-electron chi connectivity index (χ3n) is 7.47. The topological polar surface area (TPSA) is 198 Å². The van der Waals surface area contributed by atoms with Gasteiger partial charge < -0.3 is 36.6 Å². The molecular formula is C34H44ClN9O5. The Labute approximate surface area is 291 Å². The molecule has 0 unspecified atom stereocenters. The number of carbonyl (C=O) groups is 3. The van der Waals surface area contributed by atoms with E-state index in [0.717, 1.165) is 60.4 Å². The monoisotopic (exact) mass is 693 g/mol. The van der Waals surface area contributed by atoms with Gasteiger partial charge in [0.1, 0.15) is 6.34 Å². The lowest BCUT2D eigenvalue weighted by molar-refractivity contribution is -0.126. The van der Waals surface area contributed by atoms with Gasteiger partial charge in [-0.1, -0.05) is 30.5 Å². The lowest BCUT2D eigenvalue weighted by atomic mass is 9.98. The number of methoxy groups -OCH3 is 1. The van der Waals surface area contributed by atoms with Gasteiger partial charge in [0.05, 0.1) is 43.8 Å². The highest BCUT2D eigenvalue weighted by molar-refractivity contribution is 6.30. The van der Waals surface area contributed by atoms with E-state index in [4.69, 9.17) is 32.8 Å². The summed E-state index contributed by atoms with van der Waals surface area (Å²) in [5.74, 6) is 11.0. The Morgan fingerprint density at radius 1 is 1.14 bits per heavy atom. The van der Waals surface area contributed by atoms with Crippen LogP contribution >= 0.6 is 11.6 Å². The van der Waals surface area contributed by atoms with Crippen LogP contribution in [0.1, 0.15) is 43.0 Å². The number of hydrogen-bond donors (Lipinski definition) is 6. The molecule has 2 aliphatic heterocycles. The number of hydrazone groups is 1. The molecule has 3 aromatic rings. The molecule has 3 heterocycles. The van der Waals surface area contributed by atoms with Crippen molar-refractivity contribution in [1.82, 2.24) is 15.6 Å². The molecule has 2 bridgehead atoms. The summed E-state index contributed by atoms with van der Waals surface area (Å²) >= 11 is 6.18. The number of fused-ring (bicyclic) bond motifs is 4. The number of nitrogens with zero attached hydrogens (tertiary/aromatic N) is 3. The van der Waals surface area contributed by atoms with Gasteiger partial charge in [0.15, 0.2) is 0 Å². The Morgan fingerprint density at radius 3 is 2.59 bits per heavy atom. The van der Waals surface area contributed by atoms with Crippen molar-refractivity contribution in [2.75, 3.05) is 49.6 Å². The maximum atomic E-state index is 13.0. The number of hydrazine groups is 1. The molecule has 0 spiro atoms. The van der Waals surface area contributed by atoms with E-state index in [1.807, 2.05) is 13.1 Å². The first-order chi connectivity index (χ1) is 23.8. The van der Waals surface area contributed by atoms with E-state index in [1.165, 1.54) is 24.5 Å². The first-order valence-electron chi connectivity index (χ1n) is 15.6. The number of ether oxygens (including phenoxy) is 2. The van der Waals surface area contributed by atoms with E-state index in [1.54, 1.807) is 30.5 Å². The van der Waals surface area contributed by atoms with Crippen LogP contribution in [0.25, 0.3) is 17.2 Å². The standard InChI is InChI=1S/C28H33ClN8O.C4H7NO2.C2H4O2/c1-32-22-8-9-23-19-12-14-34-26(16-19)24(5-3-2-4-13-33-25(23)17-22)36-28(38)11-6-20-15-21(29)7-10-27(20)37(31)18-35-30;6-3-5-4-1-7-2-4;1-4-2-3/h6-12,14-18,24,32-33H,2-5,13,30-31H2,1H3,(H,36,38);3-4H,1-2H2,(H,5,6);2H,1H3/b11-6+,35-18-;;/t24-;;/m0../s1. The number of pyridine rings is 1. The third kappa shape index (κ3) is 12.4. The molecular weight excluding hydrogens is 650 g/mol. The van der Waals surface area contributed by atoms with E-state index in [0.29, 0.717) is 42.4 Å². The average Bonchev–Trinajstić information content (AvgIpc) is 3.10. The Kier molecular flexibility index (Phi) is 16.3. The fourth-order valence-corrected chi connectivity index (χ4v) is 5.09. The number of amides is 2.